The van der Waals surface area contributed by atoms with E-state index in [4.69, 9.17) is 11.5 Å². The van der Waals surface area contributed by atoms with Crippen LogP contribution in [0.4, 0.5) is 0 Å². The Hall–Kier alpha value is -1.10. The van der Waals surface area contributed by atoms with E-state index in [1.807, 2.05) is 0 Å². The molecule has 2 amide bonds. The molecule has 5 heteroatoms. The molecule has 0 spiro atoms. The van der Waals surface area contributed by atoms with E-state index in [1.54, 1.807) is 0 Å². The van der Waals surface area contributed by atoms with Gasteiger partial charge in [0.2, 0.25) is 11.8 Å². The van der Waals surface area contributed by atoms with Gasteiger partial charge in [-0.05, 0) is 38.0 Å². The minimum absolute atomic E-state index is 0.0462. The van der Waals surface area contributed by atoms with Gasteiger partial charge < -0.3 is 16.8 Å². The maximum Gasteiger partial charge on any atom is 0.223 e. The highest BCUT2D eigenvalue weighted by Crippen LogP contribution is 2.29. The van der Waals surface area contributed by atoms with Crippen molar-refractivity contribution in [3.63, 3.8) is 0 Å². The van der Waals surface area contributed by atoms with E-state index in [0.717, 1.165) is 32.1 Å². The van der Waals surface area contributed by atoms with Crippen LogP contribution in [0.5, 0.6) is 0 Å². The molecule has 0 bridgehead atoms. The van der Waals surface area contributed by atoms with Crippen molar-refractivity contribution in [2.24, 2.45) is 23.3 Å². The standard InChI is InChI=1S/C13H25N3O2/c1-9-5-6-10(14)8-11(9)13(18)16-7-3-2-4-12(15)17/h9-11H,2-8,14H2,1H3,(H2,15,17)(H,16,18). The Bertz CT molecular complexity index is 294. The van der Waals surface area contributed by atoms with Crippen LogP contribution in [0.2, 0.25) is 0 Å². The molecule has 3 unspecified atom stereocenters. The molecule has 5 nitrogen and oxygen atoms in total. The van der Waals surface area contributed by atoms with Crippen LogP contribution in [0.3, 0.4) is 0 Å². The van der Waals surface area contributed by atoms with Crippen LogP contribution >= 0.6 is 0 Å². The van der Waals surface area contributed by atoms with E-state index >= 15 is 0 Å². The van der Waals surface area contributed by atoms with Gasteiger partial charge in [0.05, 0.1) is 0 Å². The summed E-state index contributed by atoms with van der Waals surface area (Å²) >= 11 is 0. The van der Waals surface area contributed by atoms with Crippen LogP contribution < -0.4 is 16.8 Å². The van der Waals surface area contributed by atoms with E-state index < -0.39 is 0 Å². The summed E-state index contributed by atoms with van der Waals surface area (Å²) in [5.41, 5.74) is 10.9. The fourth-order valence-electron chi connectivity index (χ4n) is 2.49. The highest BCUT2D eigenvalue weighted by atomic mass is 16.2. The predicted octanol–water partition coefficient (Wildman–Crippen LogP) is 0.522. The summed E-state index contributed by atoms with van der Waals surface area (Å²) < 4.78 is 0. The second-order valence-electron chi connectivity index (χ2n) is 5.37. The monoisotopic (exact) mass is 255 g/mol. The van der Waals surface area contributed by atoms with E-state index in [0.29, 0.717) is 18.9 Å². The molecule has 0 saturated heterocycles. The van der Waals surface area contributed by atoms with Crippen molar-refractivity contribution < 1.29 is 9.59 Å². The summed E-state index contributed by atoms with van der Waals surface area (Å²) in [5.74, 6) is 0.283. The Morgan fingerprint density at radius 2 is 2.00 bits per heavy atom. The highest BCUT2D eigenvalue weighted by molar-refractivity contribution is 5.79. The molecular weight excluding hydrogens is 230 g/mol. The first-order valence-electron chi connectivity index (χ1n) is 6.82. The molecule has 0 aromatic rings. The Kier molecular flexibility index (Phi) is 6.12. The summed E-state index contributed by atoms with van der Waals surface area (Å²) in [6.07, 6.45) is 4.75. The van der Waals surface area contributed by atoms with Gasteiger partial charge in [-0.1, -0.05) is 6.92 Å². The first-order chi connectivity index (χ1) is 8.50. The average molecular weight is 255 g/mol. The third-order valence-electron chi connectivity index (χ3n) is 3.72. The van der Waals surface area contributed by atoms with Crippen molar-refractivity contribution >= 4 is 11.8 Å². The van der Waals surface area contributed by atoms with Crippen molar-refractivity contribution in [3.8, 4) is 0 Å². The van der Waals surface area contributed by atoms with Crippen LogP contribution in [-0.2, 0) is 9.59 Å². The molecule has 3 atom stereocenters. The van der Waals surface area contributed by atoms with Gasteiger partial charge in [-0.3, -0.25) is 9.59 Å². The second kappa shape index (κ2) is 7.36. The summed E-state index contributed by atoms with van der Waals surface area (Å²) in [5, 5.41) is 2.93. The van der Waals surface area contributed by atoms with Gasteiger partial charge >= 0.3 is 0 Å². The molecule has 1 aliphatic rings. The van der Waals surface area contributed by atoms with Gasteiger partial charge in [0, 0.05) is 24.9 Å². The van der Waals surface area contributed by atoms with Crippen molar-refractivity contribution in [1.82, 2.24) is 5.32 Å². The third kappa shape index (κ3) is 5.04. The molecule has 1 fully saturated rings. The van der Waals surface area contributed by atoms with Crippen LogP contribution in [0.25, 0.3) is 0 Å². The molecule has 104 valence electrons. The molecule has 0 aromatic heterocycles. The fourth-order valence-corrected chi connectivity index (χ4v) is 2.49. The molecule has 18 heavy (non-hydrogen) atoms. The Morgan fingerprint density at radius 3 is 2.67 bits per heavy atom. The van der Waals surface area contributed by atoms with Gasteiger partial charge in [-0.25, -0.2) is 0 Å². The number of carbonyl (C=O) groups excluding carboxylic acids is 2. The molecule has 0 aliphatic heterocycles. The number of amides is 2. The first-order valence-corrected chi connectivity index (χ1v) is 6.82. The number of unbranched alkanes of at least 4 members (excludes halogenated alkanes) is 1. The molecule has 1 rings (SSSR count). The Balaban J connectivity index is 2.21. The minimum atomic E-state index is -0.284. The molecule has 1 aliphatic carbocycles. The molecule has 0 radical (unpaired) electrons. The van der Waals surface area contributed by atoms with Crippen molar-refractivity contribution in [2.45, 2.75) is 51.5 Å². The number of nitrogens with one attached hydrogen (secondary N) is 1. The van der Waals surface area contributed by atoms with Crippen molar-refractivity contribution in [1.29, 1.82) is 0 Å². The zero-order valence-electron chi connectivity index (χ0n) is 11.2. The Labute approximate surface area is 109 Å². The van der Waals surface area contributed by atoms with Crippen LogP contribution in [-0.4, -0.2) is 24.4 Å². The predicted molar refractivity (Wildman–Crippen MR) is 70.5 cm³/mol. The smallest absolute Gasteiger partial charge is 0.223 e. The van der Waals surface area contributed by atoms with Crippen LogP contribution in [0.15, 0.2) is 0 Å². The SMILES string of the molecule is CC1CCC(N)CC1C(=O)NCCCCC(N)=O. The molecule has 5 N–H and O–H groups in total. The number of hydrogen-bond acceptors (Lipinski definition) is 3. The maximum atomic E-state index is 12.0. The summed E-state index contributed by atoms with van der Waals surface area (Å²) in [6, 6.07) is 0.159. The van der Waals surface area contributed by atoms with E-state index in [-0.39, 0.29) is 23.8 Å². The topological polar surface area (TPSA) is 98.2 Å². The minimum Gasteiger partial charge on any atom is -0.370 e. The molecule has 0 aromatic carbocycles. The molecule has 0 heterocycles. The first kappa shape index (κ1) is 15.0. The van der Waals surface area contributed by atoms with Gasteiger partial charge in [0.25, 0.3) is 0 Å². The number of hydrogen-bond donors (Lipinski definition) is 3. The Morgan fingerprint density at radius 1 is 1.28 bits per heavy atom. The maximum absolute atomic E-state index is 12.0. The quantitative estimate of drug-likeness (QED) is 0.603. The zero-order chi connectivity index (χ0) is 13.5. The lowest BCUT2D eigenvalue weighted by atomic mass is 9.77. The fraction of sp³-hybridized carbons (Fsp3) is 0.846. The summed E-state index contributed by atoms with van der Waals surface area (Å²) in [6.45, 7) is 2.73. The zero-order valence-corrected chi connectivity index (χ0v) is 11.2. The largest absolute Gasteiger partial charge is 0.370 e. The van der Waals surface area contributed by atoms with Gasteiger partial charge in [-0.2, -0.15) is 0 Å². The number of primary amides is 1. The highest BCUT2D eigenvalue weighted by Gasteiger charge is 2.30. The lowest BCUT2D eigenvalue weighted by molar-refractivity contribution is -0.127. The average Bonchev–Trinajstić information content (AvgIpc) is 2.31. The number of carbonyl (C=O) groups is 2. The van der Waals surface area contributed by atoms with Gasteiger partial charge in [0.15, 0.2) is 0 Å². The van der Waals surface area contributed by atoms with Crippen LogP contribution in [0, 0.1) is 11.8 Å². The van der Waals surface area contributed by atoms with E-state index in [2.05, 4.69) is 12.2 Å². The molecular formula is C13H25N3O2. The van der Waals surface area contributed by atoms with Gasteiger partial charge in [0.1, 0.15) is 0 Å². The van der Waals surface area contributed by atoms with Crippen molar-refractivity contribution in [3.05, 3.63) is 0 Å². The summed E-state index contributed by atoms with van der Waals surface area (Å²) in [7, 11) is 0. The number of rotatable bonds is 6. The second-order valence-corrected chi connectivity index (χ2v) is 5.37. The van der Waals surface area contributed by atoms with E-state index in [9.17, 15) is 9.59 Å². The normalized spacial score (nSPS) is 27.8. The van der Waals surface area contributed by atoms with Gasteiger partial charge in [-0.15, -0.1) is 0 Å². The summed E-state index contributed by atoms with van der Waals surface area (Å²) in [4.78, 5) is 22.5. The number of nitrogens with two attached hydrogens (primary N) is 2. The van der Waals surface area contributed by atoms with Crippen molar-refractivity contribution in [2.75, 3.05) is 6.54 Å². The lowest BCUT2D eigenvalue weighted by Gasteiger charge is -2.31. The third-order valence-corrected chi connectivity index (χ3v) is 3.72. The van der Waals surface area contributed by atoms with E-state index in [1.165, 1.54) is 0 Å². The van der Waals surface area contributed by atoms with Crippen LogP contribution in [0.1, 0.15) is 45.4 Å². The molecule has 1 saturated carbocycles. The lowest BCUT2D eigenvalue weighted by Crippen LogP contribution is -2.41.